The van der Waals surface area contributed by atoms with Gasteiger partial charge >= 0.3 is 0 Å². The summed E-state index contributed by atoms with van der Waals surface area (Å²) < 4.78 is 6.46. The van der Waals surface area contributed by atoms with Crippen molar-refractivity contribution in [1.29, 1.82) is 0 Å². The van der Waals surface area contributed by atoms with Crippen LogP contribution in [0.4, 0.5) is 0 Å². The molecule has 0 saturated carbocycles. The first kappa shape index (κ1) is 11.4. The fourth-order valence-corrected chi connectivity index (χ4v) is 2.17. The van der Waals surface area contributed by atoms with E-state index in [2.05, 4.69) is 27.8 Å². The minimum atomic E-state index is -0.177. The predicted molar refractivity (Wildman–Crippen MR) is 64.9 cm³/mol. The van der Waals surface area contributed by atoms with E-state index in [1.54, 1.807) is 0 Å². The summed E-state index contributed by atoms with van der Waals surface area (Å²) in [6, 6.07) is 5.91. The van der Waals surface area contributed by atoms with Crippen molar-refractivity contribution in [1.82, 2.24) is 5.32 Å². The molecule has 84 valence electrons. The average molecular weight is 282 g/mol. The van der Waals surface area contributed by atoms with Crippen LogP contribution in [0.2, 0.25) is 0 Å². The second-order valence-corrected chi connectivity index (χ2v) is 4.54. The van der Waals surface area contributed by atoms with Crippen LogP contribution >= 0.6 is 15.9 Å². The van der Waals surface area contributed by atoms with E-state index in [9.17, 15) is 4.79 Å². The zero-order chi connectivity index (χ0) is 11.5. The number of hydrogen-bond donors (Lipinski definition) is 1. The highest BCUT2D eigenvalue weighted by molar-refractivity contribution is 9.10. The monoisotopic (exact) mass is 281 g/mol. The number of amides is 1. The maximum absolute atomic E-state index is 11.3. The van der Waals surface area contributed by atoms with Crippen molar-refractivity contribution in [2.45, 2.75) is 12.6 Å². The third kappa shape index (κ3) is 2.33. The van der Waals surface area contributed by atoms with E-state index < -0.39 is 0 Å². The minimum absolute atomic E-state index is 0.0812. The lowest BCUT2D eigenvalue weighted by Gasteiger charge is -2.26. The van der Waals surface area contributed by atoms with Crippen molar-refractivity contribution >= 4 is 21.8 Å². The largest absolute Gasteiger partial charge is 0.374 e. The molecule has 1 aliphatic heterocycles. The predicted octanol–water partition coefficient (Wildman–Crippen LogP) is 2.32. The molecule has 1 aromatic rings. The van der Waals surface area contributed by atoms with E-state index in [1.165, 1.54) is 6.08 Å². The van der Waals surface area contributed by atoms with Gasteiger partial charge in [0.15, 0.2) is 0 Å². The molecule has 0 saturated heterocycles. The first-order chi connectivity index (χ1) is 7.70. The lowest BCUT2D eigenvalue weighted by atomic mass is 9.99. The minimum Gasteiger partial charge on any atom is -0.374 e. The summed E-state index contributed by atoms with van der Waals surface area (Å²) in [4.78, 5) is 11.3. The smallest absolute Gasteiger partial charge is 0.243 e. The van der Waals surface area contributed by atoms with Crippen molar-refractivity contribution in [2.75, 3.05) is 6.61 Å². The molecule has 0 spiro atoms. The molecule has 3 nitrogen and oxygen atoms in total. The summed E-state index contributed by atoms with van der Waals surface area (Å²) in [6.07, 6.45) is 1.27. The second-order valence-electron chi connectivity index (χ2n) is 3.62. The standard InChI is InChI=1S/C12H12BrNO2/c1-2-12(15)14-11-7-16-6-8-5-9(13)3-4-10(8)11/h2-5,11H,1,6-7H2,(H,14,15)/t11-/m1/s1. The van der Waals surface area contributed by atoms with Crippen LogP contribution in [0.15, 0.2) is 35.3 Å². The van der Waals surface area contributed by atoms with E-state index in [4.69, 9.17) is 4.74 Å². The maximum atomic E-state index is 11.3. The van der Waals surface area contributed by atoms with Crippen molar-refractivity contribution < 1.29 is 9.53 Å². The van der Waals surface area contributed by atoms with E-state index in [-0.39, 0.29) is 11.9 Å². The van der Waals surface area contributed by atoms with Gasteiger partial charge in [-0.1, -0.05) is 28.6 Å². The molecule has 0 unspecified atom stereocenters. The van der Waals surface area contributed by atoms with Crippen molar-refractivity contribution in [3.63, 3.8) is 0 Å². The number of fused-ring (bicyclic) bond motifs is 1. The van der Waals surface area contributed by atoms with Gasteiger partial charge in [-0.2, -0.15) is 0 Å². The summed E-state index contributed by atoms with van der Waals surface area (Å²) in [5.41, 5.74) is 2.22. The number of ether oxygens (including phenoxy) is 1. The summed E-state index contributed by atoms with van der Waals surface area (Å²) >= 11 is 3.42. The van der Waals surface area contributed by atoms with Crippen LogP contribution in [0.25, 0.3) is 0 Å². The van der Waals surface area contributed by atoms with Crippen LogP contribution < -0.4 is 5.32 Å². The topological polar surface area (TPSA) is 38.3 Å². The molecule has 0 bridgehead atoms. The Balaban J connectivity index is 2.26. The molecule has 0 aliphatic carbocycles. The van der Waals surface area contributed by atoms with Crippen molar-refractivity contribution in [2.24, 2.45) is 0 Å². The van der Waals surface area contributed by atoms with Crippen LogP contribution in [-0.4, -0.2) is 12.5 Å². The highest BCUT2D eigenvalue weighted by Gasteiger charge is 2.21. The fraction of sp³-hybridized carbons (Fsp3) is 0.250. The summed E-state index contributed by atoms with van der Waals surface area (Å²) in [7, 11) is 0. The van der Waals surface area contributed by atoms with Gasteiger partial charge in [0.2, 0.25) is 5.91 Å². The molecule has 1 aromatic carbocycles. The van der Waals surface area contributed by atoms with Gasteiger partial charge < -0.3 is 10.1 Å². The van der Waals surface area contributed by atoms with E-state index >= 15 is 0 Å². The Morgan fingerprint density at radius 1 is 1.62 bits per heavy atom. The Morgan fingerprint density at radius 3 is 3.19 bits per heavy atom. The molecule has 2 rings (SSSR count). The van der Waals surface area contributed by atoms with Crippen LogP contribution in [0.5, 0.6) is 0 Å². The van der Waals surface area contributed by atoms with Gasteiger partial charge in [-0.3, -0.25) is 4.79 Å². The third-order valence-electron chi connectivity index (χ3n) is 2.52. The van der Waals surface area contributed by atoms with Crippen LogP contribution in [0.3, 0.4) is 0 Å². The molecule has 1 heterocycles. The normalized spacial score (nSPS) is 18.7. The van der Waals surface area contributed by atoms with Crippen LogP contribution in [-0.2, 0) is 16.1 Å². The lowest BCUT2D eigenvalue weighted by Crippen LogP contribution is -2.33. The number of nitrogens with one attached hydrogen (secondary N) is 1. The van der Waals surface area contributed by atoms with E-state index in [1.807, 2.05) is 18.2 Å². The molecule has 1 aliphatic rings. The number of hydrogen-bond acceptors (Lipinski definition) is 2. The first-order valence-corrected chi connectivity index (χ1v) is 5.79. The van der Waals surface area contributed by atoms with Gasteiger partial charge in [-0.05, 0) is 29.3 Å². The highest BCUT2D eigenvalue weighted by Crippen LogP contribution is 2.27. The SMILES string of the molecule is C=CC(=O)N[C@@H]1COCc2cc(Br)ccc21. The summed E-state index contributed by atoms with van der Waals surface area (Å²) in [5, 5.41) is 2.85. The second kappa shape index (κ2) is 4.80. The Labute approximate surface area is 103 Å². The molecule has 1 amide bonds. The Kier molecular flexibility index (Phi) is 3.41. The number of carbonyl (C=O) groups is 1. The molecule has 4 heteroatoms. The highest BCUT2D eigenvalue weighted by atomic mass is 79.9. The number of rotatable bonds is 2. The maximum Gasteiger partial charge on any atom is 0.243 e. The van der Waals surface area contributed by atoms with Gasteiger partial charge in [-0.15, -0.1) is 0 Å². The van der Waals surface area contributed by atoms with Crippen LogP contribution in [0, 0.1) is 0 Å². The zero-order valence-electron chi connectivity index (χ0n) is 8.70. The van der Waals surface area contributed by atoms with E-state index in [0.717, 1.165) is 15.6 Å². The molecule has 0 radical (unpaired) electrons. The average Bonchev–Trinajstić information content (AvgIpc) is 2.28. The Morgan fingerprint density at radius 2 is 2.44 bits per heavy atom. The lowest BCUT2D eigenvalue weighted by molar-refractivity contribution is -0.117. The van der Waals surface area contributed by atoms with Crippen LogP contribution in [0.1, 0.15) is 17.2 Å². The summed E-state index contributed by atoms with van der Waals surface area (Å²) in [6.45, 7) is 4.54. The zero-order valence-corrected chi connectivity index (χ0v) is 10.3. The van der Waals surface area contributed by atoms with Crippen molar-refractivity contribution in [3.8, 4) is 0 Å². The molecule has 1 atom stereocenters. The van der Waals surface area contributed by atoms with E-state index in [0.29, 0.717) is 13.2 Å². The number of carbonyl (C=O) groups excluding carboxylic acids is 1. The summed E-state index contributed by atoms with van der Waals surface area (Å²) in [5.74, 6) is -0.177. The van der Waals surface area contributed by atoms with Crippen molar-refractivity contribution in [3.05, 3.63) is 46.5 Å². The molecular formula is C12H12BrNO2. The molecule has 1 N–H and O–H groups in total. The number of halogens is 1. The number of benzene rings is 1. The van der Waals surface area contributed by atoms with Gasteiger partial charge in [0, 0.05) is 4.47 Å². The molecule has 16 heavy (non-hydrogen) atoms. The third-order valence-corrected chi connectivity index (χ3v) is 3.02. The first-order valence-electron chi connectivity index (χ1n) is 4.99. The molecule has 0 aromatic heterocycles. The molecule has 0 fully saturated rings. The van der Waals surface area contributed by atoms with Gasteiger partial charge in [-0.25, -0.2) is 0 Å². The fourth-order valence-electron chi connectivity index (χ4n) is 1.77. The molecular weight excluding hydrogens is 270 g/mol. The van der Waals surface area contributed by atoms with Gasteiger partial charge in [0.25, 0.3) is 0 Å². The van der Waals surface area contributed by atoms with Gasteiger partial charge in [0.05, 0.1) is 19.3 Å². The quantitative estimate of drug-likeness (QED) is 0.845. The van der Waals surface area contributed by atoms with Gasteiger partial charge in [0.1, 0.15) is 0 Å². The Bertz CT molecular complexity index is 431. The Hall–Kier alpha value is -1.13.